The second-order valence-corrected chi connectivity index (χ2v) is 7.07. The fraction of sp³-hybridized carbons (Fsp3) is 0.318. The smallest absolute Gasteiger partial charge is 0.280 e. The van der Waals surface area contributed by atoms with Crippen molar-refractivity contribution < 1.29 is 9.72 Å². The molecule has 0 N–H and O–H groups in total. The molecule has 0 unspecified atom stereocenters. The zero-order valence-corrected chi connectivity index (χ0v) is 15.0. The van der Waals surface area contributed by atoms with Gasteiger partial charge >= 0.3 is 0 Å². The normalized spacial score (nSPS) is 15.2. The van der Waals surface area contributed by atoms with Gasteiger partial charge in [-0.3, -0.25) is 14.9 Å². The summed E-state index contributed by atoms with van der Waals surface area (Å²) in [4.78, 5) is 23.6. The molecule has 134 valence electrons. The highest BCUT2D eigenvalue weighted by Crippen LogP contribution is 2.31. The van der Waals surface area contributed by atoms with Crippen molar-refractivity contribution in [1.82, 2.24) is 0 Å². The summed E-state index contributed by atoms with van der Waals surface area (Å²) >= 11 is 0. The minimum atomic E-state index is -0.491. The molecule has 1 fully saturated rings. The first kappa shape index (κ1) is 18.1. The zero-order chi connectivity index (χ0) is 18.5. The number of carbonyl (C=O) groups excluding carboxylic acids is 1. The number of hydrogen-bond acceptors (Lipinski definition) is 3. The lowest BCUT2D eigenvalue weighted by molar-refractivity contribution is -0.385. The van der Waals surface area contributed by atoms with E-state index in [9.17, 15) is 14.9 Å². The number of nitro groups is 1. The molecule has 0 spiro atoms. The van der Waals surface area contributed by atoms with Crippen LogP contribution in [0.3, 0.4) is 0 Å². The Morgan fingerprint density at radius 1 is 1.15 bits per heavy atom. The average Bonchev–Trinajstić information content (AvgIpc) is 3.14. The van der Waals surface area contributed by atoms with Gasteiger partial charge in [0.25, 0.3) is 5.69 Å². The van der Waals surface area contributed by atoms with E-state index in [0.29, 0.717) is 5.56 Å². The van der Waals surface area contributed by atoms with Crippen LogP contribution in [0.15, 0.2) is 54.1 Å². The first-order chi connectivity index (χ1) is 12.5. The molecule has 1 saturated carbocycles. The molecule has 4 heteroatoms. The van der Waals surface area contributed by atoms with E-state index in [-0.39, 0.29) is 17.0 Å². The maximum atomic E-state index is 12.8. The monoisotopic (exact) mass is 349 g/mol. The molecule has 0 aromatic heterocycles. The quantitative estimate of drug-likeness (QED) is 0.375. The summed E-state index contributed by atoms with van der Waals surface area (Å²) in [5.41, 5.74) is 2.54. The molecule has 0 aliphatic heterocycles. The third-order valence-electron chi connectivity index (χ3n) is 5.00. The van der Waals surface area contributed by atoms with Gasteiger partial charge in [0.2, 0.25) is 0 Å². The topological polar surface area (TPSA) is 60.2 Å². The third kappa shape index (κ3) is 4.26. The molecule has 0 heterocycles. The molecule has 0 bridgehead atoms. The number of nitrogens with zero attached hydrogens (tertiary/aromatic N) is 1. The summed E-state index contributed by atoms with van der Waals surface area (Å²) in [7, 11) is 0. The maximum absolute atomic E-state index is 12.8. The highest BCUT2D eigenvalue weighted by Gasteiger charge is 2.21. The van der Waals surface area contributed by atoms with Crippen LogP contribution in [-0.4, -0.2) is 10.7 Å². The molecule has 0 atom stereocenters. The third-order valence-corrected chi connectivity index (χ3v) is 5.00. The van der Waals surface area contributed by atoms with Gasteiger partial charge in [0.15, 0.2) is 5.78 Å². The van der Waals surface area contributed by atoms with Crippen molar-refractivity contribution in [3.63, 3.8) is 0 Å². The van der Waals surface area contributed by atoms with Crippen molar-refractivity contribution in [1.29, 1.82) is 0 Å². The molecule has 0 radical (unpaired) electrons. The van der Waals surface area contributed by atoms with E-state index < -0.39 is 4.92 Å². The summed E-state index contributed by atoms with van der Waals surface area (Å²) in [5, 5.41) is 11.4. The maximum Gasteiger partial charge on any atom is 0.280 e. The van der Waals surface area contributed by atoms with E-state index in [1.807, 2.05) is 12.1 Å². The van der Waals surface area contributed by atoms with Crippen LogP contribution in [-0.2, 0) is 0 Å². The van der Waals surface area contributed by atoms with E-state index in [1.165, 1.54) is 37.3 Å². The number of carbonyl (C=O) groups is 1. The molecular formula is C22H23NO3. The Balaban J connectivity index is 1.91. The molecule has 0 saturated heterocycles. The van der Waals surface area contributed by atoms with E-state index in [2.05, 4.69) is 6.92 Å². The van der Waals surface area contributed by atoms with Gasteiger partial charge in [-0.2, -0.15) is 0 Å². The zero-order valence-electron chi connectivity index (χ0n) is 15.0. The Kier molecular flexibility index (Phi) is 5.61. The SMILES string of the molecule is CC(=Cc1ccc([N+](=O)[O-])c(C(=O)c2ccccc2)c1)CC1CCCC1. The Morgan fingerprint density at radius 3 is 2.50 bits per heavy atom. The minimum absolute atomic E-state index is 0.142. The highest BCUT2D eigenvalue weighted by atomic mass is 16.6. The van der Waals surface area contributed by atoms with Crippen LogP contribution < -0.4 is 0 Å². The summed E-state index contributed by atoms with van der Waals surface area (Å²) < 4.78 is 0. The predicted molar refractivity (Wildman–Crippen MR) is 103 cm³/mol. The van der Waals surface area contributed by atoms with Gasteiger partial charge in [0, 0.05) is 11.6 Å². The van der Waals surface area contributed by atoms with Crippen molar-refractivity contribution >= 4 is 17.5 Å². The lowest BCUT2D eigenvalue weighted by Gasteiger charge is -2.09. The standard InChI is InChI=1S/C22H23NO3/c1-16(13-17-7-5-6-8-17)14-18-11-12-21(23(25)26)20(15-18)22(24)19-9-3-2-4-10-19/h2-4,9-12,14-15,17H,5-8,13H2,1H3. The molecule has 2 aromatic rings. The van der Waals surface area contributed by atoms with Crippen molar-refractivity contribution in [2.75, 3.05) is 0 Å². The number of benzene rings is 2. The number of allylic oxidation sites excluding steroid dienone is 1. The second kappa shape index (κ2) is 8.09. The number of nitro benzene ring substituents is 1. The number of ketones is 1. The second-order valence-electron chi connectivity index (χ2n) is 7.07. The van der Waals surface area contributed by atoms with Crippen molar-refractivity contribution in [3.8, 4) is 0 Å². The lowest BCUT2D eigenvalue weighted by Crippen LogP contribution is -2.06. The van der Waals surface area contributed by atoms with Gasteiger partial charge < -0.3 is 0 Å². The van der Waals surface area contributed by atoms with Crippen molar-refractivity contribution in [2.24, 2.45) is 5.92 Å². The minimum Gasteiger partial charge on any atom is -0.288 e. The van der Waals surface area contributed by atoms with Crippen LogP contribution in [0.4, 0.5) is 5.69 Å². The van der Waals surface area contributed by atoms with Gasteiger partial charge in [-0.15, -0.1) is 0 Å². The van der Waals surface area contributed by atoms with Gasteiger partial charge in [-0.05, 0) is 37.0 Å². The first-order valence-electron chi connectivity index (χ1n) is 9.10. The van der Waals surface area contributed by atoms with Crippen LogP contribution in [0.1, 0.15) is 60.5 Å². The van der Waals surface area contributed by atoms with E-state index in [0.717, 1.165) is 17.9 Å². The molecule has 26 heavy (non-hydrogen) atoms. The number of hydrogen-bond donors (Lipinski definition) is 0. The Labute approximate surface area is 153 Å². The molecule has 2 aromatic carbocycles. The van der Waals surface area contributed by atoms with E-state index >= 15 is 0 Å². The summed E-state index contributed by atoms with van der Waals surface area (Å²) in [6.07, 6.45) is 8.28. The first-order valence-corrected chi connectivity index (χ1v) is 9.10. The Morgan fingerprint density at radius 2 is 1.85 bits per heavy atom. The summed E-state index contributed by atoms with van der Waals surface area (Å²) in [5.74, 6) is 0.427. The predicted octanol–water partition coefficient (Wildman–Crippen LogP) is 5.81. The van der Waals surface area contributed by atoms with Crippen LogP contribution >= 0.6 is 0 Å². The largest absolute Gasteiger partial charge is 0.288 e. The fourth-order valence-electron chi connectivity index (χ4n) is 3.74. The Bertz CT molecular complexity index is 834. The average molecular weight is 349 g/mol. The van der Waals surface area contributed by atoms with Crippen molar-refractivity contribution in [2.45, 2.75) is 39.0 Å². The van der Waals surface area contributed by atoms with Crippen LogP contribution in [0, 0.1) is 16.0 Å². The Hall–Kier alpha value is -2.75. The lowest BCUT2D eigenvalue weighted by atomic mass is 9.95. The number of rotatable bonds is 6. The summed E-state index contributed by atoms with van der Waals surface area (Å²) in [6.45, 7) is 2.10. The van der Waals surface area contributed by atoms with Gasteiger partial charge in [-0.25, -0.2) is 0 Å². The molecule has 1 aliphatic carbocycles. The van der Waals surface area contributed by atoms with Crippen LogP contribution in [0.5, 0.6) is 0 Å². The van der Waals surface area contributed by atoms with Gasteiger partial charge in [0.05, 0.1) is 4.92 Å². The van der Waals surface area contributed by atoms with Crippen molar-refractivity contribution in [3.05, 3.63) is 80.9 Å². The molecule has 0 amide bonds. The van der Waals surface area contributed by atoms with Gasteiger partial charge in [0.1, 0.15) is 5.56 Å². The van der Waals surface area contributed by atoms with Gasteiger partial charge in [-0.1, -0.05) is 67.7 Å². The fourth-order valence-corrected chi connectivity index (χ4v) is 3.74. The highest BCUT2D eigenvalue weighted by molar-refractivity contribution is 6.11. The molecule has 1 aliphatic rings. The summed E-state index contributed by atoms with van der Waals surface area (Å²) in [6, 6.07) is 13.5. The van der Waals surface area contributed by atoms with Crippen LogP contribution in [0.25, 0.3) is 6.08 Å². The molecular weight excluding hydrogens is 326 g/mol. The molecule has 4 nitrogen and oxygen atoms in total. The van der Waals surface area contributed by atoms with Crippen LogP contribution in [0.2, 0.25) is 0 Å². The molecule has 3 rings (SSSR count). The van der Waals surface area contributed by atoms with E-state index in [4.69, 9.17) is 0 Å². The van der Waals surface area contributed by atoms with E-state index in [1.54, 1.807) is 36.4 Å².